The van der Waals surface area contributed by atoms with Gasteiger partial charge in [0, 0.05) is 37.8 Å². The quantitative estimate of drug-likeness (QED) is 0.914. The zero-order valence-corrected chi connectivity index (χ0v) is 14.4. The summed E-state index contributed by atoms with van der Waals surface area (Å²) >= 11 is 0. The van der Waals surface area contributed by atoms with E-state index in [1.165, 1.54) is 18.5 Å². The van der Waals surface area contributed by atoms with Gasteiger partial charge in [0.15, 0.2) is 5.69 Å². The second-order valence-corrected chi connectivity index (χ2v) is 6.57. The first-order valence-electron chi connectivity index (χ1n) is 8.73. The van der Waals surface area contributed by atoms with E-state index in [4.69, 9.17) is 4.52 Å². The van der Waals surface area contributed by atoms with Crippen LogP contribution in [0, 0.1) is 5.92 Å². The zero-order valence-electron chi connectivity index (χ0n) is 14.4. The zero-order chi connectivity index (χ0) is 16.9. The second-order valence-electron chi connectivity index (χ2n) is 6.57. The lowest BCUT2D eigenvalue weighted by molar-refractivity contribution is 0.0941. The fourth-order valence-electron chi connectivity index (χ4n) is 3.11. The van der Waals surface area contributed by atoms with Crippen molar-refractivity contribution >= 4 is 11.6 Å². The van der Waals surface area contributed by atoms with Gasteiger partial charge < -0.3 is 14.7 Å². The van der Waals surface area contributed by atoms with Crippen LogP contribution in [0.4, 0.5) is 5.69 Å². The maximum atomic E-state index is 12.1. The lowest BCUT2D eigenvalue weighted by Gasteiger charge is -2.32. The van der Waals surface area contributed by atoms with E-state index in [0.29, 0.717) is 12.2 Å². The summed E-state index contributed by atoms with van der Waals surface area (Å²) in [7, 11) is 0. The SMILES string of the molecule is CCc1cc(C(=O)NCc2ccc(N3CCC[C@H](C)C3)cc2)no1. The number of carbonyl (C=O) groups is 1. The van der Waals surface area contributed by atoms with Crippen LogP contribution in [0.1, 0.15) is 48.5 Å². The first kappa shape index (κ1) is 16.6. The van der Waals surface area contributed by atoms with Gasteiger partial charge in [-0.3, -0.25) is 4.79 Å². The molecule has 1 fully saturated rings. The van der Waals surface area contributed by atoms with Crippen LogP contribution in [-0.4, -0.2) is 24.2 Å². The molecule has 0 unspecified atom stereocenters. The highest BCUT2D eigenvalue weighted by molar-refractivity contribution is 5.92. The molecule has 2 aromatic rings. The Morgan fingerprint density at radius 2 is 2.17 bits per heavy atom. The number of carbonyl (C=O) groups excluding carboxylic acids is 1. The number of amides is 1. The highest BCUT2D eigenvalue weighted by Crippen LogP contribution is 2.23. The van der Waals surface area contributed by atoms with Crippen molar-refractivity contribution in [3.63, 3.8) is 0 Å². The van der Waals surface area contributed by atoms with Crippen LogP contribution in [0.2, 0.25) is 0 Å². The molecule has 1 amide bonds. The van der Waals surface area contributed by atoms with E-state index in [9.17, 15) is 4.79 Å². The van der Waals surface area contributed by atoms with Crippen molar-refractivity contribution in [2.45, 2.75) is 39.7 Å². The fraction of sp³-hybridized carbons (Fsp3) is 0.474. The summed E-state index contributed by atoms with van der Waals surface area (Å²) in [4.78, 5) is 14.5. The lowest BCUT2D eigenvalue weighted by Crippen LogP contribution is -2.34. The molecule has 0 saturated carbocycles. The average Bonchev–Trinajstić information content (AvgIpc) is 3.09. The van der Waals surface area contributed by atoms with Gasteiger partial charge in [0.25, 0.3) is 5.91 Å². The summed E-state index contributed by atoms with van der Waals surface area (Å²) in [6.45, 7) is 7.02. The molecule has 1 aliphatic rings. The van der Waals surface area contributed by atoms with Crippen LogP contribution in [-0.2, 0) is 13.0 Å². The normalized spacial score (nSPS) is 17.8. The van der Waals surface area contributed by atoms with Crippen LogP contribution in [0.25, 0.3) is 0 Å². The number of hydrogen-bond acceptors (Lipinski definition) is 4. The second kappa shape index (κ2) is 7.51. The Kier molecular flexibility index (Phi) is 5.18. The van der Waals surface area contributed by atoms with E-state index in [1.54, 1.807) is 6.07 Å². The highest BCUT2D eigenvalue weighted by Gasteiger charge is 2.16. The van der Waals surface area contributed by atoms with Crippen molar-refractivity contribution < 1.29 is 9.32 Å². The van der Waals surface area contributed by atoms with Crippen molar-refractivity contribution in [2.24, 2.45) is 5.92 Å². The van der Waals surface area contributed by atoms with E-state index in [2.05, 4.69) is 46.6 Å². The third-order valence-corrected chi connectivity index (χ3v) is 4.55. The molecule has 1 aliphatic heterocycles. The minimum Gasteiger partial charge on any atom is -0.371 e. The predicted molar refractivity (Wildman–Crippen MR) is 94.1 cm³/mol. The monoisotopic (exact) mass is 327 g/mol. The third kappa shape index (κ3) is 3.96. The molecule has 5 nitrogen and oxygen atoms in total. The van der Waals surface area contributed by atoms with Crippen molar-refractivity contribution in [3.05, 3.63) is 47.3 Å². The van der Waals surface area contributed by atoms with E-state index >= 15 is 0 Å². The Morgan fingerprint density at radius 3 is 2.83 bits per heavy atom. The Morgan fingerprint density at radius 1 is 1.38 bits per heavy atom. The average molecular weight is 327 g/mol. The smallest absolute Gasteiger partial charge is 0.273 e. The fourth-order valence-corrected chi connectivity index (χ4v) is 3.11. The Balaban J connectivity index is 1.55. The topological polar surface area (TPSA) is 58.4 Å². The molecular formula is C19H25N3O2. The predicted octanol–water partition coefficient (Wildman–Crippen LogP) is 3.40. The van der Waals surface area contributed by atoms with E-state index < -0.39 is 0 Å². The molecule has 1 N–H and O–H groups in total. The number of nitrogens with zero attached hydrogens (tertiary/aromatic N) is 2. The molecule has 0 aliphatic carbocycles. The van der Waals surface area contributed by atoms with Crippen LogP contribution < -0.4 is 10.2 Å². The number of anilines is 1. The number of nitrogens with one attached hydrogen (secondary N) is 1. The van der Waals surface area contributed by atoms with Gasteiger partial charge in [0.1, 0.15) is 5.76 Å². The van der Waals surface area contributed by atoms with Crippen LogP contribution >= 0.6 is 0 Å². The highest BCUT2D eigenvalue weighted by atomic mass is 16.5. The van der Waals surface area contributed by atoms with E-state index in [-0.39, 0.29) is 5.91 Å². The number of hydrogen-bond donors (Lipinski definition) is 1. The van der Waals surface area contributed by atoms with Gasteiger partial charge in [-0.15, -0.1) is 0 Å². The molecule has 128 valence electrons. The van der Waals surface area contributed by atoms with Gasteiger partial charge >= 0.3 is 0 Å². The molecule has 0 bridgehead atoms. The number of rotatable bonds is 5. The molecule has 0 spiro atoms. The molecule has 1 saturated heterocycles. The number of benzene rings is 1. The summed E-state index contributed by atoms with van der Waals surface area (Å²) in [6.07, 6.45) is 3.32. The van der Waals surface area contributed by atoms with Gasteiger partial charge in [-0.1, -0.05) is 31.1 Å². The van der Waals surface area contributed by atoms with Gasteiger partial charge in [-0.25, -0.2) is 0 Å². The first-order chi connectivity index (χ1) is 11.7. The molecule has 24 heavy (non-hydrogen) atoms. The van der Waals surface area contributed by atoms with Crippen molar-refractivity contribution in [1.82, 2.24) is 10.5 Å². The Hall–Kier alpha value is -2.30. The van der Waals surface area contributed by atoms with Gasteiger partial charge in [0.05, 0.1) is 0 Å². The number of aryl methyl sites for hydroxylation is 1. The Labute approximate surface area is 143 Å². The molecule has 2 heterocycles. The number of piperidine rings is 1. The summed E-state index contributed by atoms with van der Waals surface area (Å²) < 4.78 is 5.06. The number of aromatic nitrogens is 1. The minimum atomic E-state index is -0.201. The summed E-state index contributed by atoms with van der Waals surface area (Å²) in [6, 6.07) is 10.1. The van der Waals surface area contributed by atoms with E-state index in [0.717, 1.165) is 36.8 Å². The molecule has 1 atom stereocenters. The Bertz CT molecular complexity index is 678. The maximum absolute atomic E-state index is 12.1. The molecule has 1 aromatic carbocycles. The molecular weight excluding hydrogens is 302 g/mol. The van der Waals surface area contributed by atoms with Crippen molar-refractivity contribution in [1.29, 1.82) is 0 Å². The maximum Gasteiger partial charge on any atom is 0.273 e. The van der Waals surface area contributed by atoms with Gasteiger partial charge in [-0.05, 0) is 36.5 Å². The first-order valence-corrected chi connectivity index (χ1v) is 8.73. The minimum absolute atomic E-state index is 0.201. The van der Waals surface area contributed by atoms with E-state index in [1.807, 2.05) is 6.92 Å². The molecule has 0 radical (unpaired) electrons. The van der Waals surface area contributed by atoms with Gasteiger partial charge in [-0.2, -0.15) is 0 Å². The van der Waals surface area contributed by atoms with Crippen LogP contribution in [0.15, 0.2) is 34.9 Å². The third-order valence-electron chi connectivity index (χ3n) is 4.55. The summed E-state index contributed by atoms with van der Waals surface area (Å²) in [5, 5.41) is 6.67. The largest absolute Gasteiger partial charge is 0.371 e. The van der Waals surface area contributed by atoms with Crippen LogP contribution in [0.3, 0.4) is 0 Å². The van der Waals surface area contributed by atoms with Crippen LogP contribution in [0.5, 0.6) is 0 Å². The summed E-state index contributed by atoms with van der Waals surface area (Å²) in [5.74, 6) is 1.28. The van der Waals surface area contributed by atoms with Gasteiger partial charge in [0.2, 0.25) is 0 Å². The molecule has 1 aromatic heterocycles. The molecule has 5 heteroatoms. The standard InChI is InChI=1S/C19H25N3O2/c1-3-17-11-18(21-24-17)19(23)20-12-15-6-8-16(9-7-15)22-10-4-5-14(2)13-22/h6-9,11,14H,3-5,10,12-13H2,1-2H3,(H,20,23)/t14-/m0/s1. The lowest BCUT2D eigenvalue weighted by atomic mass is 9.99. The van der Waals surface area contributed by atoms with Crippen molar-refractivity contribution in [3.8, 4) is 0 Å². The summed E-state index contributed by atoms with van der Waals surface area (Å²) in [5.41, 5.74) is 2.68. The molecule has 3 rings (SSSR count). The van der Waals surface area contributed by atoms with Crippen molar-refractivity contribution in [2.75, 3.05) is 18.0 Å².